The van der Waals surface area contributed by atoms with Crippen molar-refractivity contribution in [3.05, 3.63) is 35.4 Å². The molecule has 0 saturated carbocycles. The Morgan fingerprint density at radius 1 is 1.44 bits per heavy atom. The highest BCUT2D eigenvalue weighted by Crippen LogP contribution is 2.22. The second-order valence-corrected chi connectivity index (χ2v) is 5.31. The number of amides is 1. The van der Waals surface area contributed by atoms with Gasteiger partial charge in [0.05, 0.1) is 0 Å². The van der Waals surface area contributed by atoms with Gasteiger partial charge in [-0.15, -0.1) is 0 Å². The van der Waals surface area contributed by atoms with Crippen LogP contribution in [0.25, 0.3) is 0 Å². The largest absolute Gasteiger partial charge is 0.354 e. The molecule has 1 aromatic carbocycles. The van der Waals surface area contributed by atoms with E-state index in [9.17, 15) is 4.79 Å². The molecule has 18 heavy (non-hydrogen) atoms. The van der Waals surface area contributed by atoms with Crippen molar-refractivity contribution in [2.45, 2.75) is 32.7 Å². The lowest BCUT2D eigenvalue weighted by Crippen LogP contribution is -2.41. The number of benzene rings is 1. The lowest BCUT2D eigenvalue weighted by atomic mass is 9.94. The molecule has 98 valence electrons. The minimum Gasteiger partial charge on any atom is -0.354 e. The maximum Gasteiger partial charge on any atom is 0.241 e. The van der Waals surface area contributed by atoms with Crippen molar-refractivity contribution in [1.29, 1.82) is 0 Å². The summed E-state index contributed by atoms with van der Waals surface area (Å²) in [5.74, 6) is 0.722. The third-order valence-electron chi connectivity index (χ3n) is 3.39. The molecule has 0 aliphatic carbocycles. The molecule has 0 spiro atoms. The minimum absolute atomic E-state index is 0.0998. The van der Waals surface area contributed by atoms with Crippen molar-refractivity contribution in [3.8, 4) is 0 Å². The van der Waals surface area contributed by atoms with Crippen LogP contribution in [0.4, 0.5) is 0 Å². The van der Waals surface area contributed by atoms with Gasteiger partial charge < -0.3 is 10.6 Å². The van der Waals surface area contributed by atoms with E-state index < -0.39 is 0 Å². The summed E-state index contributed by atoms with van der Waals surface area (Å²) in [4.78, 5) is 12.2. The molecule has 1 amide bonds. The van der Waals surface area contributed by atoms with E-state index in [1.165, 1.54) is 5.56 Å². The topological polar surface area (TPSA) is 41.1 Å². The highest BCUT2D eigenvalue weighted by atomic mass is 16.2. The van der Waals surface area contributed by atoms with E-state index in [2.05, 4.69) is 30.5 Å². The molecule has 2 rings (SSSR count). The Morgan fingerprint density at radius 3 is 3.00 bits per heavy atom. The van der Waals surface area contributed by atoms with E-state index in [0.29, 0.717) is 5.92 Å². The maximum absolute atomic E-state index is 12.2. The quantitative estimate of drug-likeness (QED) is 0.853. The third kappa shape index (κ3) is 3.10. The molecule has 2 N–H and O–H groups in total. The van der Waals surface area contributed by atoms with Crippen LogP contribution < -0.4 is 10.6 Å². The highest BCUT2D eigenvalue weighted by molar-refractivity contribution is 5.83. The van der Waals surface area contributed by atoms with Crippen LogP contribution in [-0.4, -0.2) is 19.0 Å². The average molecular weight is 246 g/mol. The molecule has 0 aromatic heterocycles. The van der Waals surface area contributed by atoms with E-state index in [1.807, 2.05) is 18.2 Å². The number of rotatable bonds is 4. The number of carbonyl (C=O) groups excluding carboxylic acids is 1. The molecular weight excluding hydrogens is 224 g/mol. The smallest absolute Gasteiger partial charge is 0.241 e. The summed E-state index contributed by atoms with van der Waals surface area (Å²) in [7, 11) is 0. The molecular formula is C15H22N2O. The monoisotopic (exact) mass is 246 g/mol. The molecule has 0 bridgehead atoms. The number of nitrogens with one attached hydrogen (secondary N) is 2. The minimum atomic E-state index is -0.179. The highest BCUT2D eigenvalue weighted by Gasteiger charge is 2.25. The summed E-state index contributed by atoms with van der Waals surface area (Å²) in [6.45, 7) is 5.97. The van der Waals surface area contributed by atoms with Gasteiger partial charge in [-0.2, -0.15) is 0 Å². The zero-order chi connectivity index (χ0) is 13.0. The van der Waals surface area contributed by atoms with Crippen molar-refractivity contribution in [3.63, 3.8) is 0 Å². The first-order chi connectivity index (χ1) is 8.68. The van der Waals surface area contributed by atoms with Crippen LogP contribution in [0.5, 0.6) is 0 Å². The van der Waals surface area contributed by atoms with Crippen molar-refractivity contribution in [2.75, 3.05) is 13.1 Å². The first kappa shape index (κ1) is 13.1. The number of hydrogen-bond acceptors (Lipinski definition) is 2. The van der Waals surface area contributed by atoms with Crippen molar-refractivity contribution >= 4 is 5.91 Å². The normalized spacial score (nSPS) is 18.5. The van der Waals surface area contributed by atoms with Crippen molar-refractivity contribution in [2.24, 2.45) is 5.92 Å². The van der Waals surface area contributed by atoms with Crippen LogP contribution in [0.3, 0.4) is 0 Å². The van der Waals surface area contributed by atoms with Crippen LogP contribution in [0.15, 0.2) is 24.3 Å². The molecule has 1 aliphatic heterocycles. The number of hydrogen-bond donors (Lipinski definition) is 2. The fourth-order valence-corrected chi connectivity index (χ4v) is 2.32. The molecule has 0 fully saturated rings. The molecule has 1 atom stereocenters. The fourth-order valence-electron chi connectivity index (χ4n) is 2.32. The van der Waals surface area contributed by atoms with Gasteiger partial charge in [0.15, 0.2) is 0 Å². The van der Waals surface area contributed by atoms with Gasteiger partial charge in [0.25, 0.3) is 0 Å². The van der Waals surface area contributed by atoms with Crippen LogP contribution in [0.1, 0.15) is 37.4 Å². The zero-order valence-electron chi connectivity index (χ0n) is 11.2. The average Bonchev–Trinajstić information content (AvgIpc) is 2.37. The van der Waals surface area contributed by atoms with Gasteiger partial charge in [-0.05, 0) is 29.9 Å². The van der Waals surface area contributed by atoms with Gasteiger partial charge in [-0.3, -0.25) is 4.79 Å². The van der Waals surface area contributed by atoms with Gasteiger partial charge >= 0.3 is 0 Å². The van der Waals surface area contributed by atoms with Crippen molar-refractivity contribution < 1.29 is 4.79 Å². The van der Waals surface area contributed by atoms with Crippen molar-refractivity contribution in [1.82, 2.24) is 10.6 Å². The van der Waals surface area contributed by atoms with E-state index >= 15 is 0 Å². The summed E-state index contributed by atoms with van der Waals surface area (Å²) in [6, 6.07) is 8.03. The summed E-state index contributed by atoms with van der Waals surface area (Å²) in [5.41, 5.74) is 2.42. The predicted octanol–water partition coefficient (Wildman–Crippen LogP) is 2.04. The Morgan fingerprint density at radius 2 is 2.22 bits per heavy atom. The second-order valence-electron chi connectivity index (χ2n) is 5.31. The SMILES string of the molecule is CC(C)CCNC(=O)C1NCCc2ccccc21. The van der Waals surface area contributed by atoms with Crippen LogP contribution in [-0.2, 0) is 11.2 Å². The van der Waals surface area contributed by atoms with E-state index in [0.717, 1.165) is 31.5 Å². The van der Waals surface area contributed by atoms with Crippen LogP contribution in [0.2, 0.25) is 0 Å². The van der Waals surface area contributed by atoms with E-state index in [1.54, 1.807) is 0 Å². The Balaban J connectivity index is 1.99. The molecule has 3 heteroatoms. The van der Waals surface area contributed by atoms with Gasteiger partial charge in [-0.1, -0.05) is 38.1 Å². The molecule has 1 heterocycles. The van der Waals surface area contributed by atoms with Gasteiger partial charge in [0.1, 0.15) is 6.04 Å². The summed E-state index contributed by atoms with van der Waals surface area (Å²) >= 11 is 0. The Kier molecular flexibility index (Phi) is 4.37. The number of carbonyl (C=O) groups is 1. The molecule has 1 unspecified atom stereocenters. The van der Waals surface area contributed by atoms with Crippen LogP contribution in [0, 0.1) is 5.92 Å². The maximum atomic E-state index is 12.2. The molecule has 0 saturated heterocycles. The standard InChI is InChI=1S/C15H22N2O/c1-11(2)7-9-17-15(18)14-13-6-4-3-5-12(13)8-10-16-14/h3-6,11,14,16H,7-10H2,1-2H3,(H,17,18). The lowest BCUT2D eigenvalue weighted by Gasteiger charge is -2.26. The molecule has 0 radical (unpaired) electrons. The lowest BCUT2D eigenvalue weighted by molar-refractivity contribution is -0.123. The first-order valence-electron chi connectivity index (χ1n) is 6.77. The molecule has 1 aliphatic rings. The molecule has 1 aromatic rings. The van der Waals surface area contributed by atoms with Gasteiger partial charge in [0.2, 0.25) is 5.91 Å². The summed E-state index contributed by atoms with van der Waals surface area (Å²) in [6.07, 6.45) is 2.03. The summed E-state index contributed by atoms with van der Waals surface area (Å²) < 4.78 is 0. The van der Waals surface area contributed by atoms with Gasteiger partial charge in [-0.25, -0.2) is 0 Å². The van der Waals surface area contributed by atoms with Gasteiger partial charge in [0, 0.05) is 13.1 Å². The fraction of sp³-hybridized carbons (Fsp3) is 0.533. The number of fused-ring (bicyclic) bond motifs is 1. The first-order valence-corrected chi connectivity index (χ1v) is 6.77. The molecule has 3 nitrogen and oxygen atoms in total. The summed E-state index contributed by atoms with van der Waals surface area (Å²) in [5, 5.41) is 6.32. The Bertz CT molecular complexity index is 415. The Labute approximate surface area is 109 Å². The third-order valence-corrected chi connectivity index (χ3v) is 3.39. The van der Waals surface area contributed by atoms with E-state index in [4.69, 9.17) is 0 Å². The van der Waals surface area contributed by atoms with Crippen LogP contribution >= 0.6 is 0 Å². The zero-order valence-corrected chi connectivity index (χ0v) is 11.2. The second kappa shape index (κ2) is 6.01. The Hall–Kier alpha value is -1.35. The predicted molar refractivity (Wildman–Crippen MR) is 73.4 cm³/mol. The van der Waals surface area contributed by atoms with E-state index in [-0.39, 0.29) is 11.9 Å².